The highest BCUT2D eigenvalue weighted by molar-refractivity contribution is 6.74. The van der Waals surface area contributed by atoms with Crippen molar-refractivity contribution in [3.8, 4) is 5.75 Å². The van der Waals surface area contributed by atoms with Crippen molar-refractivity contribution in [2.45, 2.75) is 6.92 Å². The minimum Gasteiger partial charge on any atom is -0.511 e. The Morgan fingerprint density at radius 3 is 2.25 bits per heavy atom. The van der Waals surface area contributed by atoms with Crippen molar-refractivity contribution in [3.63, 3.8) is 0 Å². The van der Waals surface area contributed by atoms with Crippen LogP contribution in [0.3, 0.4) is 0 Å². The van der Waals surface area contributed by atoms with Crippen LogP contribution in [-0.2, 0) is 0 Å². The predicted octanol–water partition coefficient (Wildman–Crippen LogP) is 1.76. The predicted molar refractivity (Wildman–Crippen MR) is 41.6 cm³/mol. The zero-order valence-electron chi connectivity index (χ0n) is 6.39. The second kappa shape index (κ2) is 2.73. The van der Waals surface area contributed by atoms with E-state index >= 15 is 0 Å². The fraction of sp³-hybridized carbons (Fsp3) is 0.143. The summed E-state index contributed by atoms with van der Waals surface area (Å²) < 4.78 is 36.4. The number of aryl methyl sites for hydroxylation is 1. The van der Waals surface area contributed by atoms with E-state index in [1.54, 1.807) is 0 Å². The third-order valence-electron chi connectivity index (χ3n) is 1.62. The molecule has 1 aromatic rings. The van der Waals surface area contributed by atoms with Crippen molar-refractivity contribution in [1.29, 1.82) is 0 Å². The topological polar surface area (TPSA) is 20.2 Å². The molecule has 0 unspecified atom stereocenters. The van der Waals surface area contributed by atoms with Crippen molar-refractivity contribution < 1.29 is 18.1 Å². The Hall–Kier alpha value is -1.13. The number of hydrogen-bond donors (Lipinski definition) is 1. The molecule has 0 radical (unpaired) electrons. The quantitative estimate of drug-likeness (QED) is 0.644. The molecule has 66 valence electrons. The van der Waals surface area contributed by atoms with Crippen LogP contribution >= 0.6 is 0 Å². The molecule has 5 heteroatoms. The molecule has 1 nitrogen and oxygen atoms in total. The van der Waals surface area contributed by atoms with Crippen LogP contribution in [0.15, 0.2) is 18.2 Å². The molecule has 0 atom stereocenters. The van der Waals surface area contributed by atoms with Gasteiger partial charge in [0, 0.05) is 0 Å². The molecule has 0 aliphatic carbocycles. The number of rotatable bonds is 1. The number of aromatic hydroxyl groups is 1. The summed E-state index contributed by atoms with van der Waals surface area (Å²) in [6.45, 7) is -3.67. The van der Waals surface area contributed by atoms with Gasteiger partial charge in [0.2, 0.25) is 0 Å². The van der Waals surface area contributed by atoms with Crippen molar-refractivity contribution in [2.24, 2.45) is 0 Å². The average Bonchev–Trinajstić information content (AvgIpc) is 1.92. The van der Waals surface area contributed by atoms with Crippen molar-refractivity contribution in [1.82, 2.24) is 0 Å². The maximum Gasteiger partial charge on any atom is 0.513 e. The van der Waals surface area contributed by atoms with Gasteiger partial charge in [0.05, 0.1) is 5.75 Å². The minimum absolute atomic E-state index is 0.242. The molecule has 0 amide bonds. The van der Waals surface area contributed by atoms with Crippen LogP contribution in [0.5, 0.6) is 5.75 Å². The SMILES string of the molecule is Cc1cccc([B-](F)(F)F)c1O. The fourth-order valence-electron chi connectivity index (χ4n) is 0.946. The lowest BCUT2D eigenvalue weighted by Gasteiger charge is -2.17. The largest absolute Gasteiger partial charge is 0.513 e. The molecule has 0 heterocycles. The van der Waals surface area contributed by atoms with E-state index < -0.39 is 18.2 Å². The van der Waals surface area contributed by atoms with Crippen molar-refractivity contribution >= 4 is 12.4 Å². The lowest BCUT2D eigenvalue weighted by Crippen LogP contribution is -2.34. The van der Waals surface area contributed by atoms with Gasteiger partial charge in [0.1, 0.15) is 0 Å². The van der Waals surface area contributed by atoms with Crippen LogP contribution in [0.4, 0.5) is 12.9 Å². The number of hydrogen-bond acceptors (Lipinski definition) is 1. The van der Waals surface area contributed by atoms with Crippen LogP contribution in [0.1, 0.15) is 5.56 Å². The van der Waals surface area contributed by atoms with E-state index in [1.807, 2.05) is 0 Å². The summed E-state index contributed by atoms with van der Waals surface area (Å²) in [7, 11) is 0. The summed E-state index contributed by atoms with van der Waals surface area (Å²) in [5.74, 6) is -0.662. The van der Waals surface area contributed by atoms with Gasteiger partial charge in [0.25, 0.3) is 0 Å². The number of benzene rings is 1. The first-order valence-corrected chi connectivity index (χ1v) is 3.41. The Kier molecular flexibility index (Phi) is 2.04. The van der Waals surface area contributed by atoms with Crippen LogP contribution in [0, 0.1) is 6.92 Å². The van der Waals surface area contributed by atoms with E-state index in [2.05, 4.69) is 0 Å². The molecule has 0 saturated carbocycles. The van der Waals surface area contributed by atoms with Gasteiger partial charge in [-0.15, -0.1) is 0 Å². The molecule has 0 fully saturated rings. The molecule has 1 aromatic carbocycles. The summed E-state index contributed by atoms with van der Waals surface area (Å²) in [6, 6.07) is 3.59. The van der Waals surface area contributed by atoms with Gasteiger partial charge in [-0.05, 0) is 12.5 Å². The lowest BCUT2D eigenvalue weighted by atomic mass is 9.78. The molecule has 0 aliphatic heterocycles. The van der Waals surface area contributed by atoms with Crippen LogP contribution in [0.25, 0.3) is 0 Å². The molecule has 1 rings (SSSR count). The molecular formula is C7H7BF3O-. The van der Waals surface area contributed by atoms with Gasteiger partial charge >= 0.3 is 6.98 Å². The molecule has 0 aliphatic rings. The Balaban J connectivity index is 3.26. The zero-order valence-corrected chi connectivity index (χ0v) is 6.39. The van der Waals surface area contributed by atoms with E-state index in [-0.39, 0.29) is 5.56 Å². The summed E-state index contributed by atoms with van der Waals surface area (Å²) in [5.41, 5.74) is -0.679. The maximum absolute atomic E-state index is 12.1. The van der Waals surface area contributed by atoms with Gasteiger partial charge in [0.15, 0.2) is 0 Å². The Bertz CT molecular complexity index is 295. The number of para-hydroxylation sites is 1. The van der Waals surface area contributed by atoms with E-state index in [1.165, 1.54) is 19.1 Å². The molecule has 0 saturated heterocycles. The van der Waals surface area contributed by atoms with Gasteiger partial charge in [-0.25, -0.2) is 0 Å². The lowest BCUT2D eigenvalue weighted by molar-refractivity contribution is 0.460. The molecule has 1 N–H and O–H groups in total. The summed E-state index contributed by atoms with van der Waals surface area (Å²) in [4.78, 5) is 0. The van der Waals surface area contributed by atoms with Gasteiger partial charge < -0.3 is 18.1 Å². The first-order valence-electron chi connectivity index (χ1n) is 3.41. The smallest absolute Gasteiger partial charge is 0.511 e. The van der Waals surface area contributed by atoms with E-state index in [0.29, 0.717) is 0 Å². The van der Waals surface area contributed by atoms with Crippen LogP contribution in [0.2, 0.25) is 0 Å². The summed E-state index contributed by atoms with van der Waals surface area (Å²) in [5, 5.41) is 9.03. The van der Waals surface area contributed by atoms with Gasteiger partial charge in [-0.1, -0.05) is 23.7 Å². The second-order valence-electron chi connectivity index (χ2n) is 2.59. The third-order valence-corrected chi connectivity index (χ3v) is 1.62. The number of phenolic OH excluding ortho intramolecular Hbond substituents is 1. The normalized spacial score (nSPS) is 11.7. The van der Waals surface area contributed by atoms with E-state index in [0.717, 1.165) is 6.07 Å². The molecule has 0 aromatic heterocycles. The Morgan fingerprint density at radius 1 is 1.25 bits per heavy atom. The highest BCUT2D eigenvalue weighted by Gasteiger charge is 2.28. The first-order chi connectivity index (χ1) is 5.43. The Morgan fingerprint density at radius 2 is 1.83 bits per heavy atom. The standard InChI is InChI=1S/C7H7BF3O/c1-5-3-2-4-6(7(5)12)8(9,10)11/h2-4,12H,1H3/q-1. The van der Waals surface area contributed by atoms with Gasteiger partial charge in [-0.3, -0.25) is 0 Å². The average molecular weight is 175 g/mol. The monoisotopic (exact) mass is 175 g/mol. The Labute approximate surface area is 67.9 Å². The van der Waals surface area contributed by atoms with Crippen LogP contribution in [-0.4, -0.2) is 12.1 Å². The maximum atomic E-state index is 12.1. The van der Waals surface area contributed by atoms with Gasteiger partial charge in [-0.2, -0.15) is 0 Å². The number of phenols is 1. The van der Waals surface area contributed by atoms with Crippen molar-refractivity contribution in [3.05, 3.63) is 23.8 Å². The fourth-order valence-corrected chi connectivity index (χ4v) is 0.946. The van der Waals surface area contributed by atoms with Crippen molar-refractivity contribution in [2.75, 3.05) is 0 Å². The van der Waals surface area contributed by atoms with E-state index in [4.69, 9.17) is 5.11 Å². The minimum atomic E-state index is -5.10. The number of halogens is 3. The van der Waals surface area contributed by atoms with E-state index in [9.17, 15) is 12.9 Å². The molecule has 12 heavy (non-hydrogen) atoms. The summed E-state index contributed by atoms with van der Waals surface area (Å²) in [6.07, 6.45) is 0. The molecule has 0 spiro atoms. The zero-order chi connectivity index (χ0) is 9.35. The summed E-state index contributed by atoms with van der Waals surface area (Å²) >= 11 is 0. The van der Waals surface area contributed by atoms with Crippen LogP contribution < -0.4 is 5.46 Å². The highest BCUT2D eigenvalue weighted by Crippen LogP contribution is 2.19. The highest BCUT2D eigenvalue weighted by atomic mass is 19.4. The molecule has 0 bridgehead atoms. The second-order valence-corrected chi connectivity index (χ2v) is 2.59. The first kappa shape index (κ1) is 8.97. The third kappa shape index (κ3) is 1.54. The molecular weight excluding hydrogens is 168 g/mol.